The van der Waals surface area contributed by atoms with E-state index in [1.165, 1.54) is 17.3 Å². The highest BCUT2D eigenvalue weighted by atomic mass is 16.4. The summed E-state index contributed by atoms with van der Waals surface area (Å²) >= 11 is 0. The van der Waals surface area contributed by atoms with Gasteiger partial charge in [0, 0.05) is 0 Å². The summed E-state index contributed by atoms with van der Waals surface area (Å²) in [4.78, 5) is 4.13. The van der Waals surface area contributed by atoms with Crippen LogP contribution < -0.4 is 0 Å². The van der Waals surface area contributed by atoms with Crippen LogP contribution in [0.25, 0.3) is 5.69 Å². The van der Waals surface area contributed by atoms with Crippen LogP contribution in [0.15, 0.2) is 35.9 Å². The molecule has 0 radical (unpaired) electrons. The van der Waals surface area contributed by atoms with Crippen molar-refractivity contribution in [3.63, 3.8) is 0 Å². The van der Waals surface area contributed by atoms with Gasteiger partial charge in [-0.25, -0.2) is 4.98 Å². The lowest BCUT2D eigenvalue weighted by molar-refractivity contribution is 0.321. The second-order valence-corrected chi connectivity index (χ2v) is 4.07. The Morgan fingerprint density at radius 1 is 1.28 bits per heavy atom. The molecule has 4 heteroatoms. The minimum Gasteiger partial charge on any atom is -0.411 e. The molecule has 0 bridgehead atoms. The van der Waals surface area contributed by atoms with Gasteiger partial charge in [0.1, 0.15) is 0 Å². The van der Waals surface area contributed by atoms with Crippen molar-refractivity contribution in [2.45, 2.75) is 26.7 Å². The van der Waals surface area contributed by atoms with E-state index in [9.17, 15) is 0 Å². The van der Waals surface area contributed by atoms with Crippen LogP contribution in [0.3, 0.4) is 0 Å². The molecule has 0 saturated carbocycles. The Bertz CT molecular complexity index is 536. The maximum atomic E-state index is 8.69. The van der Waals surface area contributed by atoms with Crippen LogP contribution in [0.1, 0.15) is 30.7 Å². The van der Waals surface area contributed by atoms with E-state index < -0.39 is 0 Å². The second kappa shape index (κ2) is 5.49. The quantitative estimate of drug-likeness (QED) is 0.510. The summed E-state index contributed by atoms with van der Waals surface area (Å²) in [6.45, 7) is 4.27. The standard InChI is InChI=1S/C14H17N3O/c1-3-11-6-5-7-12(4-2)14(11)17-10-15-8-13(17)9-16-18/h5-10,18H,3-4H2,1-2H3/b16-9-. The number of aromatic nitrogens is 2. The van der Waals surface area contributed by atoms with Crippen LogP contribution in [-0.4, -0.2) is 21.0 Å². The van der Waals surface area contributed by atoms with E-state index >= 15 is 0 Å². The van der Waals surface area contributed by atoms with Crippen molar-refractivity contribution in [2.75, 3.05) is 0 Å². The van der Waals surface area contributed by atoms with Crippen LogP contribution >= 0.6 is 0 Å². The highest BCUT2D eigenvalue weighted by Gasteiger charge is 2.10. The maximum Gasteiger partial charge on any atom is 0.0997 e. The number of rotatable bonds is 4. The van der Waals surface area contributed by atoms with Crippen LogP contribution in [0.2, 0.25) is 0 Å². The molecule has 2 aromatic rings. The van der Waals surface area contributed by atoms with Gasteiger partial charge < -0.3 is 5.21 Å². The van der Waals surface area contributed by atoms with Crippen molar-refractivity contribution in [3.05, 3.63) is 47.5 Å². The summed E-state index contributed by atoms with van der Waals surface area (Å²) in [6.07, 6.45) is 6.75. The van der Waals surface area contributed by atoms with Crippen molar-refractivity contribution in [2.24, 2.45) is 5.16 Å². The van der Waals surface area contributed by atoms with Crippen LogP contribution in [0.5, 0.6) is 0 Å². The molecule has 0 unspecified atom stereocenters. The molecule has 1 aromatic carbocycles. The molecule has 0 spiro atoms. The van der Waals surface area contributed by atoms with E-state index in [0.717, 1.165) is 24.2 Å². The fraction of sp³-hybridized carbons (Fsp3) is 0.286. The predicted octanol–water partition coefficient (Wildman–Crippen LogP) is 2.81. The lowest BCUT2D eigenvalue weighted by Crippen LogP contribution is -2.05. The van der Waals surface area contributed by atoms with Crippen molar-refractivity contribution in [1.29, 1.82) is 0 Å². The fourth-order valence-corrected chi connectivity index (χ4v) is 2.17. The molecule has 94 valence electrons. The first-order valence-corrected chi connectivity index (χ1v) is 6.12. The monoisotopic (exact) mass is 243 g/mol. The molecule has 0 saturated heterocycles. The zero-order chi connectivity index (χ0) is 13.0. The molecule has 0 fully saturated rings. The number of hydrogen-bond donors (Lipinski definition) is 1. The van der Waals surface area contributed by atoms with Crippen molar-refractivity contribution in [1.82, 2.24) is 9.55 Å². The van der Waals surface area contributed by atoms with Gasteiger partial charge >= 0.3 is 0 Å². The number of aryl methyl sites for hydroxylation is 2. The number of nitrogens with zero attached hydrogens (tertiary/aromatic N) is 3. The molecule has 0 atom stereocenters. The number of oxime groups is 1. The van der Waals surface area contributed by atoms with Crippen molar-refractivity contribution >= 4 is 6.21 Å². The summed E-state index contributed by atoms with van der Waals surface area (Å²) in [5.41, 5.74) is 4.45. The summed E-state index contributed by atoms with van der Waals surface area (Å²) in [7, 11) is 0. The van der Waals surface area contributed by atoms with E-state index in [4.69, 9.17) is 5.21 Å². The third-order valence-corrected chi connectivity index (χ3v) is 3.06. The Hall–Kier alpha value is -2.10. The summed E-state index contributed by atoms with van der Waals surface area (Å²) in [5.74, 6) is 0. The Morgan fingerprint density at radius 2 is 1.94 bits per heavy atom. The molecule has 0 aliphatic carbocycles. The maximum absolute atomic E-state index is 8.69. The topological polar surface area (TPSA) is 50.4 Å². The van der Waals surface area contributed by atoms with Crippen LogP contribution in [-0.2, 0) is 12.8 Å². The summed E-state index contributed by atoms with van der Waals surface area (Å²) in [5, 5.41) is 11.8. The molecule has 0 amide bonds. The molecule has 4 nitrogen and oxygen atoms in total. The van der Waals surface area contributed by atoms with Gasteiger partial charge in [0.25, 0.3) is 0 Å². The molecular formula is C14H17N3O. The third kappa shape index (κ3) is 2.14. The third-order valence-electron chi connectivity index (χ3n) is 3.06. The van der Waals surface area contributed by atoms with Crippen LogP contribution in [0, 0.1) is 0 Å². The Morgan fingerprint density at radius 3 is 2.50 bits per heavy atom. The van der Waals surface area contributed by atoms with E-state index in [1.807, 2.05) is 4.57 Å². The SMILES string of the molecule is CCc1cccc(CC)c1-n1cncc1/C=N\O. The molecule has 1 aromatic heterocycles. The zero-order valence-corrected chi connectivity index (χ0v) is 10.7. The number of benzene rings is 1. The Balaban J connectivity index is 2.65. The minimum atomic E-state index is 0.771. The van der Waals surface area contributed by atoms with E-state index in [-0.39, 0.29) is 0 Å². The number of para-hydroxylation sites is 1. The predicted molar refractivity (Wildman–Crippen MR) is 71.7 cm³/mol. The van der Waals surface area contributed by atoms with E-state index in [1.54, 1.807) is 12.5 Å². The van der Waals surface area contributed by atoms with Gasteiger partial charge in [0.2, 0.25) is 0 Å². The molecule has 18 heavy (non-hydrogen) atoms. The lowest BCUT2D eigenvalue weighted by atomic mass is 10.0. The Kier molecular flexibility index (Phi) is 3.77. The largest absolute Gasteiger partial charge is 0.411 e. The van der Waals surface area contributed by atoms with Gasteiger partial charge in [-0.2, -0.15) is 0 Å². The number of hydrogen-bond acceptors (Lipinski definition) is 3. The molecule has 0 aliphatic heterocycles. The summed E-state index contributed by atoms with van der Waals surface area (Å²) < 4.78 is 1.97. The molecule has 0 aliphatic rings. The number of imidazole rings is 1. The molecule has 1 N–H and O–H groups in total. The van der Waals surface area contributed by atoms with Gasteiger partial charge in [-0.15, -0.1) is 0 Å². The first-order chi connectivity index (χ1) is 8.81. The second-order valence-electron chi connectivity index (χ2n) is 4.07. The van der Waals surface area contributed by atoms with Crippen molar-refractivity contribution < 1.29 is 5.21 Å². The van der Waals surface area contributed by atoms with Gasteiger partial charge in [-0.05, 0) is 24.0 Å². The van der Waals surface area contributed by atoms with Crippen LogP contribution in [0.4, 0.5) is 0 Å². The van der Waals surface area contributed by atoms with E-state index in [2.05, 4.69) is 42.2 Å². The average molecular weight is 243 g/mol. The molecular weight excluding hydrogens is 226 g/mol. The fourth-order valence-electron chi connectivity index (χ4n) is 2.17. The zero-order valence-electron chi connectivity index (χ0n) is 10.7. The minimum absolute atomic E-state index is 0.771. The Labute approximate surface area is 107 Å². The lowest BCUT2D eigenvalue weighted by Gasteiger charge is -2.15. The van der Waals surface area contributed by atoms with Gasteiger partial charge in [-0.1, -0.05) is 37.2 Å². The average Bonchev–Trinajstić information content (AvgIpc) is 2.86. The smallest absolute Gasteiger partial charge is 0.0997 e. The van der Waals surface area contributed by atoms with Gasteiger partial charge in [0.05, 0.1) is 30.1 Å². The first-order valence-electron chi connectivity index (χ1n) is 6.12. The normalized spacial score (nSPS) is 11.2. The molecule has 2 rings (SSSR count). The van der Waals surface area contributed by atoms with Gasteiger partial charge in [-0.3, -0.25) is 4.57 Å². The first kappa shape index (κ1) is 12.4. The molecule has 1 heterocycles. The van der Waals surface area contributed by atoms with Gasteiger partial charge in [0.15, 0.2) is 0 Å². The summed E-state index contributed by atoms with van der Waals surface area (Å²) in [6, 6.07) is 6.32. The highest BCUT2D eigenvalue weighted by Crippen LogP contribution is 2.22. The van der Waals surface area contributed by atoms with Crippen molar-refractivity contribution in [3.8, 4) is 5.69 Å². The van der Waals surface area contributed by atoms with E-state index in [0.29, 0.717) is 0 Å². The highest BCUT2D eigenvalue weighted by molar-refractivity contribution is 5.78.